The van der Waals surface area contributed by atoms with Gasteiger partial charge >= 0.3 is 5.97 Å². The number of hydrogen-bond acceptors (Lipinski definition) is 4. The molecule has 0 radical (unpaired) electrons. The normalized spacial score (nSPS) is 11.0. The Morgan fingerprint density at radius 1 is 1.26 bits per heavy atom. The SMILES string of the molecule is CCOC(=O)/C(C#N)=C/c1cc(COc2ccc(F)cc2Cl)c(C)cc1C. The first-order valence-electron chi connectivity index (χ1n) is 8.32. The molecule has 6 heteroatoms. The van der Waals surface area contributed by atoms with E-state index in [0.29, 0.717) is 11.3 Å². The van der Waals surface area contributed by atoms with E-state index in [1.165, 1.54) is 24.3 Å². The van der Waals surface area contributed by atoms with E-state index in [4.69, 9.17) is 21.1 Å². The minimum absolute atomic E-state index is 0.0720. The van der Waals surface area contributed by atoms with Crippen LogP contribution in [0.15, 0.2) is 35.9 Å². The van der Waals surface area contributed by atoms with Crippen molar-refractivity contribution in [3.63, 3.8) is 0 Å². The zero-order valence-corrected chi connectivity index (χ0v) is 16.1. The van der Waals surface area contributed by atoms with Gasteiger partial charge in [0.05, 0.1) is 11.6 Å². The van der Waals surface area contributed by atoms with Gasteiger partial charge in [0.1, 0.15) is 29.8 Å². The molecule has 2 aromatic rings. The summed E-state index contributed by atoms with van der Waals surface area (Å²) in [5.41, 5.74) is 3.39. The van der Waals surface area contributed by atoms with Crippen LogP contribution in [-0.2, 0) is 16.1 Å². The molecule has 0 fully saturated rings. The van der Waals surface area contributed by atoms with Gasteiger partial charge in [-0.2, -0.15) is 5.26 Å². The first kappa shape index (κ1) is 20.5. The number of rotatable bonds is 6. The van der Waals surface area contributed by atoms with Gasteiger partial charge in [-0.15, -0.1) is 0 Å². The van der Waals surface area contributed by atoms with Gasteiger partial charge in [0, 0.05) is 0 Å². The Hall–Kier alpha value is -2.84. The minimum atomic E-state index is -0.657. The summed E-state index contributed by atoms with van der Waals surface area (Å²) in [6, 6.07) is 9.59. The molecule has 0 saturated carbocycles. The van der Waals surface area contributed by atoms with E-state index >= 15 is 0 Å². The zero-order valence-electron chi connectivity index (χ0n) is 15.3. The first-order chi connectivity index (χ1) is 12.8. The third-order valence-electron chi connectivity index (χ3n) is 3.92. The van der Waals surface area contributed by atoms with Crippen LogP contribution in [0.1, 0.15) is 29.2 Å². The van der Waals surface area contributed by atoms with Crippen LogP contribution >= 0.6 is 11.6 Å². The molecule has 0 atom stereocenters. The molecule has 0 aromatic heterocycles. The summed E-state index contributed by atoms with van der Waals surface area (Å²) in [6.07, 6.45) is 1.50. The number of halogens is 2. The molecule has 140 valence electrons. The number of ether oxygens (including phenoxy) is 2. The minimum Gasteiger partial charge on any atom is -0.487 e. The first-order valence-corrected chi connectivity index (χ1v) is 8.70. The quantitative estimate of drug-likeness (QED) is 0.391. The molecule has 0 saturated heterocycles. The molecule has 0 aliphatic heterocycles. The van der Waals surface area contributed by atoms with Gasteiger partial charge in [-0.25, -0.2) is 9.18 Å². The van der Waals surface area contributed by atoms with E-state index < -0.39 is 11.8 Å². The van der Waals surface area contributed by atoms with Gasteiger partial charge in [0.2, 0.25) is 0 Å². The summed E-state index contributed by atoms with van der Waals surface area (Å²) < 4.78 is 23.7. The Balaban J connectivity index is 2.29. The van der Waals surface area contributed by atoms with Crippen molar-refractivity contribution in [1.29, 1.82) is 5.26 Å². The number of benzene rings is 2. The monoisotopic (exact) mass is 387 g/mol. The Bertz CT molecular complexity index is 932. The molecule has 0 N–H and O–H groups in total. The van der Waals surface area contributed by atoms with Gasteiger partial charge in [-0.3, -0.25) is 0 Å². The van der Waals surface area contributed by atoms with Gasteiger partial charge in [0.15, 0.2) is 0 Å². The molecule has 0 aliphatic carbocycles. The Labute approximate surface area is 162 Å². The molecule has 0 aliphatic rings. The molecular formula is C21H19ClFNO3. The largest absolute Gasteiger partial charge is 0.487 e. The highest BCUT2D eigenvalue weighted by atomic mass is 35.5. The molecule has 0 heterocycles. The molecule has 0 spiro atoms. The number of nitrogens with zero attached hydrogens (tertiary/aromatic N) is 1. The van der Waals surface area contributed by atoms with Gasteiger partial charge < -0.3 is 9.47 Å². The summed E-state index contributed by atoms with van der Waals surface area (Å²) in [7, 11) is 0. The number of carbonyl (C=O) groups excluding carboxylic acids is 1. The summed E-state index contributed by atoms with van der Waals surface area (Å²) in [5, 5.41) is 9.40. The Kier molecular flexibility index (Phi) is 6.98. The van der Waals surface area contributed by atoms with Crippen molar-refractivity contribution in [2.45, 2.75) is 27.4 Å². The molecule has 2 rings (SSSR count). The molecule has 0 amide bonds. The van der Waals surface area contributed by atoms with Crippen LogP contribution in [0.5, 0.6) is 5.75 Å². The van der Waals surface area contributed by atoms with Crippen LogP contribution in [0.2, 0.25) is 5.02 Å². The third kappa shape index (κ3) is 5.32. The Morgan fingerprint density at radius 3 is 2.63 bits per heavy atom. The van der Waals surface area contributed by atoms with Gasteiger partial charge in [-0.05, 0) is 73.4 Å². The fourth-order valence-electron chi connectivity index (χ4n) is 2.48. The standard InChI is InChI=1S/C21H19ClFNO3/c1-4-26-21(25)16(11-24)8-15-9-17(14(3)7-13(15)2)12-27-20-6-5-18(23)10-19(20)22/h5-10H,4,12H2,1-3H3/b16-8+. The molecule has 2 aromatic carbocycles. The van der Waals surface area contributed by atoms with Crippen molar-refractivity contribution in [1.82, 2.24) is 0 Å². The lowest BCUT2D eigenvalue weighted by atomic mass is 9.98. The summed E-state index contributed by atoms with van der Waals surface area (Å²) >= 11 is 5.98. The number of aryl methyl sites for hydroxylation is 2. The van der Waals surface area contributed by atoms with Crippen molar-refractivity contribution in [2.24, 2.45) is 0 Å². The van der Waals surface area contributed by atoms with E-state index in [0.717, 1.165) is 16.7 Å². The lowest BCUT2D eigenvalue weighted by molar-refractivity contribution is -0.137. The van der Waals surface area contributed by atoms with Crippen molar-refractivity contribution in [3.05, 3.63) is 69.0 Å². The molecule has 4 nitrogen and oxygen atoms in total. The fraction of sp³-hybridized carbons (Fsp3) is 0.238. The predicted molar refractivity (Wildman–Crippen MR) is 102 cm³/mol. The second-order valence-electron chi connectivity index (χ2n) is 5.89. The average Bonchev–Trinajstić information content (AvgIpc) is 2.61. The Morgan fingerprint density at radius 2 is 2.00 bits per heavy atom. The van der Waals surface area contributed by atoms with Crippen LogP contribution in [0.4, 0.5) is 4.39 Å². The van der Waals surface area contributed by atoms with Crippen LogP contribution in [0, 0.1) is 31.0 Å². The highest BCUT2D eigenvalue weighted by molar-refractivity contribution is 6.32. The van der Waals surface area contributed by atoms with Crippen LogP contribution in [0.25, 0.3) is 6.08 Å². The smallest absolute Gasteiger partial charge is 0.348 e. The number of carbonyl (C=O) groups is 1. The maximum absolute atomic E-state index is 13.1. The molecule has 0 bridgehead atoms. The van der Waals surface area contributed by atoms with Crippen LogP contribution in [0.3, 0.4) is 0 Å². The number of hydrogen-bond donors (Lipinski definition) is 0. The van der Waals surface area contributed by atoms with E-state index in [2.05, 4.69) is 0 Å². The third-order valence-corrected chi connectivity index (χ3v) is 4.21. The highest BCUT2D eigenvalue weighted by Gasteiger charge is 2.12. The number of nitriles is 1. The maximum Gasteiger partial charge on any atom is 0.348 e. The fourth-order valence-corrected chi connectivity index (χ4v) is 2.70. The molecule has 0 unspecified atom stereocenters. The van der Waals surface area contributed by atoms with Gasteiger partial charge in [0.25, 0.3) is 0 Å². The molecular weight excluding hydrogens is 369 g/mol. The zero-order chi connectivity index (χ0) is 20.0. The summed E-state index contributed by atoms with van der Waals surface area (Å²) in [5.74, 6) is -0.718. The van der Waals surface area contributed by atoms with Crippen molar-refractivity contribution < 1.29 is 18.7 Å². The lowest BCUT2D eigenvalue weighted by Crippen LogP contribution is -2.06. The topological polar surface area (TPSA) is 59.3 Å². The highest BCUT2D eigenvalue weighted by Crippen LogP contribution is 2.27. The average molecular weight is 388 g/mol. The van der Waals surface area contributed by atoms with Gasteiger partial charge in [-0.1, -0.05) is 17.7 Å². The van der Waals surface area contributed by atoms with Crippen molar-refractivity contribution in [2.75, 3.05) is 6.61 Å². The summed E-state index contributed by atoms with van der Waals surface area (Å²) in [4.78, 5) is 11.8. The lowest BCUT2D eigenvalue weighted by Gasteiger charge is -2.13. The van der Waals surface area contributed by atoms with E-state index in [1.807, 2.05) is 32.0 Å². The predicted octanol–water partition coefficient (Wildman–Crippen LogP) is 5.15. The van der Waals surface area contributed by atoms with Crippen LogP contribution < -0.4 is 4.74 Å². The molecule has 27 heavy (non-hydrogen) atoms. The second kappa shape index (κ2) is 9.20. The number of esters is 1. The second-order valence-corrected chi connectivity index (χ2v) is 6.30. The van der Waals surface area contributed by atoms with E-state index in [9.17, 15) is 14.4 Å². The van der Waals surface area contributed by atoms with Crippen molar-refractivity contribution >= 4 is 23.6 Å². The van der Waals surface area contributed by atoms with Crippen molar-refractivity contribution in [3.8, 4) is 11.8 Å². The van der Waals surface area contributed by atoms with E-state index in [1.54, 1.807) is 6.92 Å². The van der Waals surface area contributed by atoms with Crippen LogP contribution in [-0.4, -0.2) is 12.6 Å². The maximum atomic E-state index is 13.1. The van der Waals surface area contributed by atoms with E-state index in [-0.39, 0.29) is 23.8 Å². The summed E-state index contributed by atoms with van der Waals surface area (Å²) in [6.45, 7) is 5.91.